The topological polar surface area (TPSA) is 64.1 Å². The number of rotatable bonds is 5. The smallest absolute Gasteiger partial charge is 0.164 e. The molecule has 1 aliphatic heterocycles. The van der Waals surface area contributed by atoms with Crippen LogP contribution in [0.5, 0.6) is 17.2 Å². The van der Waals surface area contributed by atoms with Crippen LogP contribution in [0.1, 0.15) is 12.0 Å². The van der Waals surface area contributed by atoms with Gasteiger partial charge in [0.25, 0.3) is 0 Å². The lowest BCUT2D eigenvalue weighted by Gasteiger charge is -2.36. The van der Waals surface area contributed by atoms with Gasteiger partial charge in [-0.05, 0) is 36.8 Å². The Morgan fingerprint density at radius 2 is 1.92 bits per heavy atom. The minimum absolute atomic E-state index is 0.265. The van der Waals surface area contributed by atoms with E-state index >= 15 is 0 Å². The summed E-state index contributed by atoms with van der Waals surface area (Å²) in [4.78, 5) is 6.48. The number of nitrogens with zero attached hydrogens (tertiary/aromatic N) is 2. The molecule has 0 spiro atoms. The van der Waals surface area contributed by atoms with Crippen LogP contribution in [-0.4, -0.2) is 49.6 Å². The molecule has 6 heteroatoms. The van der Waals surface area contributed by atoms with Crippen LogP contribution in [0, 0.1) is 6.92 Å². The lowest BCUT2D eigenvalue weighted by molar-refractivity contribution is 0.0239. The Bertz CT molecular complexity index is 722. The van der Waals surface area contributed by atoms with Crippen LogP contribution in [0.4, 0.5) is 5.82 Å². The maximum Gasteiger partial charge on any atom is 0.164 e. The number of piperidine rings is 1. The van der Waals surface area contributed by atoms with Gasteiger partial charge >= 0.3 is 0 Å². The number of benzene rings is 1. The first-order chi connectivity index (χ1) is 12.1. The number of hydrogen-bond acceptors (Lipinski definition) is 6. The van der Waals surface area contributed by atoms with Crippen LogP contribution in [0.2, 0.25) is 0 Å². The maximum absolute atomic E-state index is 10.5. The largest absolute Gasteiger partial charge is 0.493 e. The average Bonchev–Trinajstić information content (AvgIpc) is 2.63. The van der Waals surface area contributed by atoms with Crippen molar-refractivity contribution in [2.24, 2.45) is 0 Å². The van der Waals surface area contributed by atoms with Crippen LogP contribution in [0.25, 0.3) is 0 Å². The molecule has 0 unspecified atom stereocenters. The Kier molecular flexibility index (Phi) is 5.28. The van der Waals surface area contributed by atoms with E-state index in [4.69, 9.17) is 14.2 Å². The van der Waals surface area contributed by atoms with Gasteiger partial charge in [0.15, 0.2) is 11.5 Å². The van der Waals surface area contributed by atoms with Gasteiger partial charge in [-0.15, -0.1) is 0 Å². The lowest BCUT2D eigenvalue weighted by atomic mass is 10.0. The molecule has 1 N–H and O–H groups in total. The fourth-order valence-corrected chi connectivity index (χ4v) is 3.01. The number of aromatic nitrogens is 1. The molecule has 0 radical (unpaired) electrons. The zero-order chi connectivity index (χ0) is 17.8. The Morgan fingerprint density at radius 1 is 1.12 bits per heavy atom. The first kappa shape index (κ1) is 17.4. The van der Waals surface area contributed by atoms with Gasteiger partial charge in [-0.3, -0.25) is 0 Å². The molecule has 2 aromatic rings. The van der Waals surface area contributed by atoms with Crippen LogP contribution in [0.3, 0.4) is 0 Å². The predicted octanol–water partition coefficient (Wildman–Crippen LogP) is 2.43. The Labute approximate surface area is 148 Å². The van der Waals surface area contributed by atoms with Crippen molar-refractivity contribution in [3.8, 4) is 17.2 Å². The van der Waals surface area contributed by atoms with Crippen molar-refractivity contribution < 1.29 is 19.3 Å². The van der Waals surface area contributed by atoms with Gasteiger partial charge in [0.05, 0.1) is 14.2 Å². The molecule has 1 aromatic heterocycles. The average molecular weight is 344 g/mol. The SMILES string of the molecule is COc1ccc(O[C@@H]2CCN(c3cc(C)ccn3)C[C@H]2O)cc1OC. The number of aliphatic hydroxyl groups excluding tert-OH is 1. The van der Waals surface area contributed by atoms with Gasteiger partial charge in [0, 0.05) is 31.8 Å². The van der Waals surface area contributed by atoms with Crippen molar-refractivity contribution >= 4 is 5.82 Å². The molecule has 134 valence electrons. The Hall–Kier alpha value is -2.47. The third kappa shape index (κ3) is 3.96. The molecule has 1 saturated heterocycles. The zero-order valence-corrected chi connectivity index (χ0v) is 14.8. The number of ether oxygens (including phenoxy) is 3. The highest BCUT2D eigenvalue weighted by molar-refractivity contribution is 5.46. The third-order valence-electron chi connectivity index (χ3n) is 4.39. The predicted molar refractivity (Wildman–Crippen MR) is 95.8 cm³/mol. The molecule has 0 amide bonds. The highest BCUT2D eigenvalue weighted by Gasteiger charge is 2.30. The van der Waals surface area contributed by atoms with Crippen LogP contribution in [-0.2, 0) is 0 Å². The Balaban J connectivity index is 1.66. The van der Waals surface area contributed by atoms with Crippen molar-refractivity contribution in [3.05, 3.63) is 42.1 Å². The number of methoxy groups -OCH3 is 2. The molecular weight excluding hydrogens is 320 g/mol. The Morgan fingerprint density at radius 3 is 2.60 bits per heavy atom. The van der Waals surface area contributed by atoms with Gasteiger partial charge in [-0.2, -0.15) is 0 Å². The summed E-state index contributed by atoms with van der Waals surface area (Å²) in [5.41, 5.74) is 1.16. The first-order valence-corrected chi connectivity index (χ1v) is 8.35. The van der Waals surface area contributed by atoms with Crippen molar-refractivity contribution in [1.82, 2.24) is 4.98 Å². The molecule has 3 rings (SSSR count). The van der Waals surface area contributed by atoms with E-state index in [1.165, 1.54) is 0 Å². The summed E-state index contributed by atoms with van der Waals surface area (Å²) >= 11 is 0. The van der Waals surface area contributed by atoms with Gasteiger partial charge in [0.1, 0.15) is 23.8 Å². The number of aryl methyl sites for hydroxylation is 1. The molecule has 0 aliphatic carbocycles. The fraction of sp³-hybridized carbons (Fsp3) is 0.421. The second-order valence-electron chi connectivity index (χ2n) is 6.17. The highest BCUT2D eigenvalue weighted by atomic mass is 16.5. The third-order valence-corrected chi connectivity index (χ3v) is 4.39. The molecule has 1 aliphatic rings. The quantitative estimate of drug-likeness (QED) is 0.899. The van der Waals surface area contributed by atoms with Crippen LogP contribution in [0.15, 0.2) is 36.5 Å². The van der Waals surface area contributed by atoms with Crippen molar-refractivity contribution in [3.63, 3.8) is 0 Å². The van der Waals surface area contributed by atoms with Crippen molar-refractivity contribution in [2.75, 3.05) is 32.2 Å². The number of pyridine rings is 1. The number of hydrogen-bond donors (Lipinski definition) is 1. The molecule has 2 heterocycles. The summed E-state index contributed by atoms with van der Waals surface area (Å²) in [7, 11) is 3.18. The van der Waals surface area contributed by atoms with Gasteiger partial charge < -0.3 is 24.2 Å². The fourth-order valence-electron chi connectivity index (χ4n) is 3.01. The highest BCUT2D eigenvalue weighted by Crippen LogP contribution is 2.32. The summed E-state index contributed by atoms with van der Waals surface area (Å²) in [6, 6.07) is 9.39. The lowest BCUT2D eigenvalue weighted by Crippen LogP contribution is -2.49. The van der Waals surface area contributed by atoms with Crippen molar-refractivity contribution in [2.45, 2.75) is 25.6 Å². The minimum atomic E-state index is -0.593. The molecular formula is C19H24N2O4. The van der Waals surface area contributed by atoms with E-state index in [2.05, 4.69) is 9.88 Å². The maximum atomic E-state index is 10.5. The van der Waals surface area contributed by atoms with Crippen molar-refractivity contribution in [1.29, 1.82) is 0 Å². The summed E-state index contributed by atoms with van der Waals surface area (Å²) < 4.78 is 16.5. The number of aliphatic hydroxyl groups is 1. The molecule has 1 aromatic carbocycles. The van der Waals surface area contributed by atoms with Gasteiger partial charge in [0.2, 0.25) is 0 Å². The molecule has 0 bridgehead atoms. The molecule has 25 heavy (non-hydrogen) atoms. The molecule has 0 saturated carbocycles. The number of anilines is 1. The monoisotopic (exact) mass is 344 g/mol. The van der Waals surface area contributed by atoms with Crippen LogP contribution < -0.4 is 19.1 Å². The summed E-state index contributed by atoms with van der Waals surface area (Å²) in [5, 5.41) is 10.5. The van der Waals surface area contributed by atoms with E-state index in [0.717, 1.165) is 17.9 Å². The standard InChI is InChI=1S/C19H24N2O4/c1-13-6-8-20-19(10-13)21-9-7-16(15(22)12-21)25-14-4-5-17(23-2)18(11-14)24-3/h4-6,8,10-11,15-16,22H,7,9,12H2,1-3H3/t15-,16-/m1/s1. The molecule has 1 fully saturated rings. The second kappa shape index (κ2) is 7.61. The zero-order valence-electron chi connectivity index (χ0n) is 14.8. The van der Waals surface area contributed by atoms with E-state index in [1.807, 2.05) is 25.1 Å². The van der Waals surface area contributed by atoms with E-state index in [9.17, 15) is 5.11 Å². The molecule has 6 nitrogen and oxygen atoms in total. The molecule has 2 atom stereocenters. The van der Waals surface area contributed by atoms with Crippen LogP contribution >= 0.6 is 0 Å². The van der Waals surface area contributed by atoms with Gasteiger partial charge in [-0.25, -0.2) is 4.98 Å². The summed E-state index contributed by atoms with van der Waals surface area (Å²) in [6.45, 7) is 3.31. The van der Waals surface area contributed by atoms with E-state index in [0.29, 0.717) is 30.2 Å². The van der Waals surface area contributed by atoms with E-state index < -0.39 is 6.10 Å². The summed E-state index contributed by atoms with van der Waals surface area (Å²) in [5.74, 6) is 2.80. The number of β-amino-alcohol motifs (C(OH)–C–C–N with tert-alkyl or cyclic N) is 1. The summed E-state index contributed by atoms with van der Waals surface area (Å²) in [6.07, 6.45) is 1.65. The normalized spacial score (nSPS) is 20.2. The van der Waals surface area contributed by atoms with Gasteiger partial charge in [-0.1, -0.05) is 0 Å². The minimum Gasteiger partial charge on any atom is -0.493 e. The second-order valence-corrected chi connectivity index (χ2v) is 6.17. The first-order valence-electron chi connectivity index (χ1n) is 8.35. The van der Waals surface area contributed by atoms with E-state index in [1.54, 1.807) is 32.5 Å². The van der Waals surface area contributed by atoms with E-state index in [-0.39, 0.29) is 6.10 Å².